The molecule has 22 heavy (non-hydrogen) atoms. The third kappa shape index (κ3) is 5.29. The average molecular weight is 310 g/mol. The van der Waals surface area contributed by atoms with Crippen LogP contribution >= 0.6 is 0 Å². The van der Waals surface area contributed by atoms with Crippen molar-refractivity contribution in [2.45, 2.75) is 65.1 Å². The minimum atomic E-state index is -0.465. The Bertz CT molecular complexity index is 495. The lowest BCUT2D eigenvalue weighted by Gasteiger charge is -2.23. The van der Waals surface area contributed by atoms with Crippen molar-refractivity contribution in [3.63, 3.8) is 0 Å². The predicted octanol–water partition coefficient (Wildman–Crippen LogP) is 2.16. The van der Waals surface area contributed by atoms with Gasteiger partial charge in [-0.3, -0.25) is 0 Å². The second kappa shape index (κ2) is 7.09. The van der Waals surface area contributed by atoms with Crippen molar-refractivity contribution < 1.29 is 14.1 Å². The summed E-state index contributed by atoms with van der Waals surface area (Å²) in [6.45, 7) is 8.57. The molecule has 2 N–H and O–H groups in total. The minimum absolute atomic E-state index is 0.349. The standard InChI is InChI=1S/C15H26N4O3/c1-10-18-13(22-19-10)9-16-12-7-5-6-11(12)8-17-14(20)21-15(2,3)4/h11-12,16H,5-9H2,1-4H3,(H,17,20). The third-order valence-corrected chi connectivity index (χ3v) is 3.65. The Morgan fingerprint density at radius 3 is 2.82 bits per heavy atom. The van der Waals surface area contributed by atoms with E-state index >= 15 is 0 Å². The van der Waals surface area contributed by atoms with Gasteiger partial charge in [0, 0.05) is 12.6 Å². The zero-order chi connectivity index (χ0) is 16.2. The van der Waals surface area contributed by atoms with Crippen LogP contribution in [-0.4, -0.2) is 34.4 Å². The number of carbonyl (C=O) groups excluding carboxylic acids is 1. The Labute approximate surface area is 131 Å². The maximum Gasteiger partial charge on any atom is 0.407 e. The Morgan fingerprint density at radius 1 is 1.41 bits per heavy atom. The molecule has 7 heteroatoms. The van der Waals surface area contributed by atoms with Crippen molar-refractivity contribution in [3.05, 3.63) is 11.7 Å². The summed E-state index contributed by atoms with van der Waals surface area (Å²) in [4.78, 5) is 15.9. The van der Waals surface area contributed by atoms with Crippen molar-refractivity contribution in [3.8, 4) is 0 Å². The zero-order valence-electron chi connectivity index (χ0n) is 13.8. The van der Waals surface area contributed by atoms with Crippen molar-refractivity contribution in [1.29, 1.82) is 0 Å². The van der Waals surface area contributed by atoms with Crippen molar-refractivity contribution in [1.82, 2.24) is 20.8 Å². The van der Waals surface area contributed by atoms with Crippen LogP contribution in [0.4, 0.5) is 4.79 Å². The highest BCUT2D eigenvalue weighted by molar-refractivity contribution is 5.67. The number of nitrogens with one attached hydrogen (secondary N) is 2. The summed E-state index contributed by atoms with van der Waals surface area (Å²) in [6.07, 6.45) is 2.98. The lowest BCUT2D eigenvalue weighted by Crippen LogP contribution is -2.40. The van der Waals surface area contributed by atoms with Gasteiger partial charge in [0.15, 0.2) is 5.82 Å². The van der Waals surface area contributed by atoms with Crippen molar-refractivity contribution in [2.24, 2.45) is 5.92 Å². The zero-order valence-corrected chi connectivity index (χ0v) is 13.8. The van der Waals surface area contributed by atoms with Gasteiger partial charge in [0.2, 0.25) is 5.89 Å². The Kier molecular flexibility index (Phi) is 5.39. The van der Waals surface area contributed by atoms with Crippen LogP contribution in [-0.2, 0) is 11.3 Å². The lowest BCUT2D eigenvalue weighted by atomic mass is 10.0. The summed E-state index contributed by atoms with van der Waals surface area (Å²) >= 11 is 0. The fourth-order valence-corrected chi connectivity index (χ4v) is 2.71. The topological polar surface area (TPSA) is 89.3 Å². The largest absolute Gasteiger partial charge is 0.444 e. The minimum Gasteiger partial charge on any atom is -0.444 e. The highest BCUT2D eigenvalue weighted by Gasteiger charge is 2.28. The molecule has 1 aromatic rings. The van der Waals surface area contributed by atoms with Gasteiger partial charge in [-0.05, 0) is 46.5 Å². The first-order valence-electron chi connectivity index (χ1n) is 7.83. The van der Waals surface area contributed by atoms with E-state index in [9.17, 15) is 4.79 Å². The molecule has 1 aliphatic rings. The van der Waals surface area contributed by atoms with Crippen molar-refractivity contribution in [2.75, 3.05) is 6.54 Å². The van der Waals surface area contributed by atoms with E-state index in [2.05, 4.69) is 20.8 Å². The van der Waals surface area contributed by atoms with Crippen LogP contribution in [0.2, 0.25) is 0 Å². The molecule has 0 bridgehead atoms. The molecule has 1 amide bonds. The Balaban J connectivity index is 1.74. The Morgan fingerprint density at radius 2 is 2.18 bits per heavy atom. The molecule has 2 atom stereocenters. The number of carbonyl (C=O) groups is 1. The Hall–Kier alpha value is -1.63. The quantitative estimate of drug-likeness (QED) is 0.866. The number of nitrogens with zero attached hydrogens (tertiary/aromatic N) is 2. The maximum atomic E-state index is 11.7. The molecule has 0 aliphatic heterocycles. The van der Waals surface area contributed by atoms with Crippen LogP contribution in [0.3, 0.4) is 0 Å². The van der Waals surface area contributed by atoms with Gasteiger partial charge in [-0.25, -0.2) is 4.79 Å². The van der Waals surface area contributed by atoms with Gasteiger partial charge < -0.3 is 19.9 Å². The van der Waals surface area contributed by atoms with Crippen LogP contribution in [0.5, 0.6) is 0 Å². The number of ether oxygens (including phenoxy) is 1. The van der Waals surface area contributed by atoms with E-state index in [4.69, 9.17) is 9.26 Å². The summed E-state index contributed by atoms with van der Waals surface area (Å²) in [6, 6.07) is 0.349. The SMILES string of the molecule is Cc1noc(CNC2CCCC2CNC(=O)OC(C)(C)C)n1. The molecular weight excluding hydrogens is 284 g/mol. The molecule has 2 unspecified atom stereocenters. The summed E-state index contributed by atoms with van der Waals surface area (Å²) in [5.74, 6) is 1.64. The molecule has 7 nitrogen and oxygen atoms in total. The van der Waals surface area contributed by atoms with E-state index in [0.717, 1.165) is 19.3 Å². The van der Waals surface area contributed by atoms with Crippen LogP contribution < -0.4 is 10.6 Å². The molecule has 1 aromatic heterocycles. The van der Waals surface area contributed by atoms with Gasteiger partial charge >= 0.3 is 6.09 Å². The van der Waals surface area contributed by atoms with E-state index in [0.29, 0.717) is 36.8 Å². The van der Waals surface area contributed by atoms with Crippen LogP contribution in [0.1, 0.15) is 51.7 Å². The summed E-state index contributed by atoms with van der Waals surface area (Å²) in [5.41, 5.74) is -0.465. The van der Waals surface area contributed by atoms with Gasteiger partial charge in [0.1, 0.15) is 5.60 Å². The fourth-order valence-electron chi connectivity index (χ4n) is 2.71. The van der Waals surface area contributed by atoms with E-state index in [1.54, 1.807) is 6.92 Å². The van der Waals surface area contributed by atoms with E-state index in [-0.39, 0.29) is 6.09 Å². The number of amides is 1. The first kappa shape index (κ1) is 16.7. The maximum absolute atomic E-state index is 11.7. The molecular formula is C15H26N4O3. The molecule has 0 aromatic carbocycles. The molecule has 0 saturated heterocycles. The van der Waals surface area contributed by atoms with Gasteiger partial charge in [-0.2, -0.15) is 4.98 Å². The van der Waals surface area contributed by atoms with Crippen LogP contribution in [0, 0.1) is 12.8 Å². The number of alkyl carbamates (subject to hydrolysis) is 1. The smallest absolute Gasteiger partial charge is 0.407 e. The van der Waals surface area contributed by atoms with E-state index in [1.165, 1.54) is 0 Å². The number of rotatable bonds is 5. The number of aryl methyl sites for hydroxylation is 1. The van der Waals surface area contributed by atoms with Crippen LogP contribution in [0.15, 0.2) is 4.52 Å². The van der Waals surface area contributed by atoms with Crippen molar-refractivity contribution >= 4 is 6.09 Å². The predicted molar refractivity (Wildman–Crippen MR) is 81.2 cm³/mol. The van der Waals surface area contributed by atoms with Gasteiger partial charge in [-0.15, -0.1) is 0 Å². The van der Waals surface area contributed by atoms with E-state index < -0.39 is 5.60 Å². The second-order valence-corrected chi connectivity index (χ2v) is 6.80. The van der Waals surface area contributed by atoms with Gasteiger partial charge in [0.25, 0.3) is 0 Å². The van der Waals surface area contributed by atoms with Gasteiger partial charge in [0.05, 0.1) is 6.54 Å². The summed E-state index contributed by atoms with van der Waals surface area (Å²) in [7, 11) is 0. The number of hydrogen-bond donors (Lipinski definition) is 2. The molecule has 0 radical (unpaired) electrons. The molecule has 1 saturated carbocycles. The molecule has 1 fully saturated rings. The van der Waals surface area contributed by atoms with E-state index in [1.807, 2.05) is 20.8 Å². The second-order valence-electron chi connectivity index (χ2n) is 6.80. The molecule has 124 valence electrons. The first-order chi connectivity index (χ1) is 10.3. The molecule has 1 aliphatic carbocycles. The third-order valence-electron chi connectivity index (χ3n) is 3.65. The molecule has 0 spiro atoms. The fraction of sp³-hybridized carbons (Fsp3) is 0.800. The average Bonchev–Trinajstić information content (AvgIpc) is 3.00. The monoisotopic (exact) mass is 310 g/mol. The van der Waals surface area contributed by atoms with Gasteiger partial charge in [-0.1, -0.05) is 11.6 Å². The molecule has 2 rings (SSSR count). The highest BCUT2D eigenvalue weighted by atomic mass is 16.6. The lowest BCUT2D eigenvalue weighted by molar-refractivity contribution is 0.0517. The summed E-state index contributed by atoms with van der Waals surface area (Å²) < 4.78 is 10.4. The van der Waals surface area contributed by atoms with Crippen LogP contribution in [0.25, 0.3) is 0 Å². The highest BCUT2D eigenvalue weighted by Crippen LogP contribution is 2.25. The first-order valence-corrected chi connectivity index (χ1v) is 7.83. The normalized spacial score (nSPS) is 21.8. The molecule has 1 heterocycles. The number of aromatic nitrogens is 2. The number of hydrogen-bond acceptors (Lipinski definition) is 6. The summed E-state index contributed by atoms with van der Waals surface area (Å²) in [5, 5.41) is 10.1.